The highest BCUT2D eigenvalue weighted by Crippen LogP contribution is 2.29. The Bertz CT molecular complexity index is 661. The van der Waals surface area contributed by atoms with Gasteiger partial charge in [0.05, 0.1) is 0 Å². The molecule has 0 bridgehead atoms. The average molecular weight is 343 g/mol. The van der Waals surface area contributed by atoms with Gasteiger partial charge in [0.15, 0.2) is 0 Å². The van der Waals surface area contributed by atoms with Crippen molar-refractivity contribution in [1.82, 2.24) is 9.88 Å². The predicted octanol–water partition coefficient (Wildman–Crippen LogP) is 2.19. The number of benzene rings is 1. The molecule has 6 nitrogen and oxygen atoms in total. The van der Waals surface area contributed by atoms with Crippen molar-refractivity contribution in [3.63, 3.8) is 0 Å². The SMILES string of the molecule is CN1CCC[C@H]1c1cccnc1.NC(Cc1ccc(O)cc1)C(=O)O. The number of hydrogen-bond donors (Lipinski definition) is 3. The molecule has 25 heavy (non-hydrogen) atoms. The number of hydrogen-bond acceptors (Lipinski definition) is 5. The third-order valence-corrected chi connectivity index (χ3v) is 4.30. The number of carbonyl (C=O) groups is 1. The lowest BCUT2D eigenvalue weighted by atomic mass is 10.1. The van der Waals surface area contributed by atoms with Gasteiger partial charge < -0.3 is 15.9 Å². The van der Waals surface area contributed by atoms with E-state index >= 15 is 0 Å². The van der Waals surface area contributed by atoms with E-state index in [0.717, 1.165) is 5.56 Å². The van der Waals surface area contributed by atoms with Gasteiger partial charge in [-0.25, -0.2) is 0 Å². The number of nitrogens with zero attached hydrogens (tertiary/aromatic N) is 2. The van der Waals surface area contributed by atoms with Crippen LogP contribution < -0.4 is 5.73 Å². The summed E-state index contributed by atoms with van der Waals surface area (Å²) in [5, 5.41) is 17.5. The number of nitrogens with two attached hydrogens (primary N) is 1. The van der Waals surface area contributed by atoms with Gasteiger partial charge in [-0.3, -0.25) is 14.7 Å². The number of likely N-dealkylation sites (tertiary alicyclic amines) is 1. The van der Waals surface area contributed by atoms with Crippen molar-refractivity contribution in [2.75, 3.05) is 13.6 Å². The topological polar surface area (TPSA) is 99.7 Å². The van der Waals surface area contributed by atoms with Crippen molar-refractivity contribution >= 4 is 5.97 Å². The van der Waals surface area contributed by atoms with E-state index in [1.807, 2.05) is 18.5 Å². The zero-order valence-corrected chi connectivity index (χ0v) is 14.4. The van der Waals surface area contributed by atoms with E-state index in [1.165, 1.54) is 37.1 Å². The summed E-state index contributed by atoms with van der Waals surface area (Å²) in [4.78, 5) is 16.9. The van der Waals surface area contributed by atoms with Crippen molar-refractivity contribution in [2.45, 2.75) is 31.3 Å². The lowest BCUT2D eigenvalue weighted by Crippen LogP contribution is -2.32. The molecule has 134 valence electrons. The molecule has 0 spiro atoms. The molecule has 2 aromatic rings. The Labute approximate surface area is 147 Å². The quantitative estimate of drug-likeness (QED) is 0.787. The molecular formula is C19H25N3O3. The predicted molar refractivity (Wildman–Crippen MR) is 96.3 cm³/mol. The van der Waals surface area contributed by atoms with Crippen LogP contribution in [0.25, 0.3) is 0 Å². The fourth-order valence-electron chi connectivity index (χ4n) is 2.88. The Kier molecular flexibility index (Phi) is 6.91. The summed E-state index contributed by atoms with van der Waals surface area (Å²) >= 11 is 0. The molecular weight excluding hydrogens is 318 g/mol. The maximum atomic E-state index is 10.4. The van der Waals surface area contributed by atoms with Gasteiger partial charge in [0.25, 0.3) is 0 Å². The van der Waals surface area contributed by atoms with Crippen LogP contribution in [0.2, 0.25) is 0 Å². The first kappa shape index (κ1) is 18.9. The first-order valence-corrected chi connectivity index (χ1v) is 8.34. The zero-order valence-electron chi connectivity index (χ0n) is 14.4. The van der Waals surface area contributed by atoms with Crippen LogP contribution in [-0.4, -0.2) is 45.7 Å². The molecule has 0 amide bonds. The molecule has 1 unspecified atom stereocenters. The van der Waals surface area contributed by atoms with Crippen molar-refractivity contribution in [2.24, 2.45) is 5.73 Å². The Hall–Kier alpha value is -2.44. The van der Waals surface area contributed by atoms with Gasteiger partial charge in [0.2, 0.25) is 0 Å². The minimum atomic E-state index is -1.02. The normalized spacial score (nSPS) is 18.2. The number of aromatic hydroxyl groups is 1. The number of phenols is 1. The maximum Gasteiger partial charge on any atom is 0.320 e. The molecule has 2 heterocycles. The summed E-state index contributed by atoms with van der Waals surface area (Å²) in [6, 6.07) is 10.2. The van der Waals surface area contributed by atoms with Crippen LogP contribution in [0.1, 0.15) is 30.0 Å². The van der Waals surface area contributed by atoms with E-state index in [2.05, 4.69) is 23.0 Å². The molecule has 0 saturated carbocycles. The molecule has 1 aliphatic rings. The number of pyridine rings is 1. The highest BCUT2D eigenvalue weighted by atomic mass is 16.4. The standard InChI is InChI=1S/C10H14N2.C9H11NO3/c1-12-7-3-5-10(12)9-4-2-6-11-8-9;10-8(9(12)13)5-6-1-3-7(11)4-2-6/h2,4,6,8,10H,3,5,7H2,1H3;1-4,8,11H,5,10H2,(H,12,13)/t10-;/m0./s1. The van der Waals surface area contributed by atoms with Crippen molar-refractivity contribution in [3.8, 4) is 5.75 Å². The summed E-state index contributed by atoms with van der Waals surface area (Å²) in [5.74, 6) is -0.860. The Morgan fingerprint density at radius 2 is 2.08 bits per heavy atom. The Balaban J connectivity index is 0.000000181. The molecule has 4 N–H and O–H groups in total. The van der Waals surface area contributed by atoms with Gasteiger partial charge in [0.1, 0.15) is 11.8 Å². The minimum Gasteiger partial charge on any atom is -0.508 e. The van der Waals surface area contributed by atoms with Gasteiger partial charge in [-0.2, -0.15) is 0 Å². The van der Waals surface area contributed by atoms with Crippen LogP contribution in [0.3, 0.4) is 0 Å². The monoisotopic (exact) mass is 343 g/mol. The molecule has 0 aliphatic carbocycles. The van der Waals surface area contributed by atoms with Crippen LogP contribution in [0.4, 0.5) is 0 Å². The summed E-state index contributed by atoms with van der Waals surface area (Å²) in [7, 11) is 2.19. The van der Waals surface area contributed by atoms with Gasteiger partial charge in [-0.1, -0.05) is 18.2 Å². The summed E-state index contributed by atoms with van der Waals surface area (Å²) in [5.41, 5.74) is 7.48. The van der Waals surface area contributed by atoms with Gasteiger partial charge >= 0.3 is 5.97 Å². The zero-order chi connectivity index (χ0) is 18.2. The Morgan fingerprint density at radius 3 is 2.60 bits per heavy atom. The third-order valence-electron chi connectivity index (χ3n) is 4.30. The van der Waals surface area contributed by atoms with E-state index in [-0.39, 0.29) is 12.2 Å². The molecule has 1 aliphatic heterocycles. The van der Waals surface area contributed by atoms with Crippen LogP contribution >= 0.6 is 0 Å². The number of carboxylic acids is 1. The number of rotatable bonds is 4. The van der Waals surface area contributed by atoms with E-state index in [4.69, 9.17) is 15.9 Å². The van der Waals surface area contributed by atoms with Gasteiger partial charge in [-0.15, -0.1) is 0 Å². The largest absolute Gasteiger partial charge is 0.508 e. The van der Waals surface area contributed by atoms with Crippen LogP contribution in [-0.2, 0) is 11.2 Å². The average Bonchev–Trinajstić information content (AvgIpc) is 3.04. The number of phenolic OH excluding ortho intramolecular Hbond substituents is 1. The van der Waals surface area contributed by atoms with Crippen LogP contribution in [0, 0.1) is 0 Å². The van der Waals surface area contributed by atoms with Crippen molar-refractivity contribution in [3.05, 3.63) is 59.9 Å². The highest BCUT2D eigenvalue weighted by Gasteiger charge is 2.21. The Morgan fingerprint density at radius 1 is 1.36 bits per heavy atom. The molecule has 1 aromatic carbocycles. The van der Waals surface area contributed by atoms with Crippen LogP contribution in [0.5, 0.6) is 5.75 Å². The molecule has 2 atom stereocenters. The van der Waals surface area contributed by atoms with E-state index in [9.17, 15) is 4.79 Å². The number of carboxylic acid groups (broad SMARTS) is 1. The third kappa shape index (κ3) is 5.85. The number of aromatic nitrogens is 1. The number of aliphatic carboxylic acids is 1. The molecule has 6 heteroatoms. The summed E-state index contributed by atoms with van der Waals surface area (Å²) in [6.07, 6.45) is 6.68. The molecule has 0 radical (unpaired) electrons. The summed E-state index contributed by atoms with van der Waals surface area (Å²) < 4.78 is 0. The van der Waals surface area contributed by atoms with Crippen molar-refractivity contribution in [1.29, 1.82) is 0 Å². The fourth-order valence-corrected chi connectivity index (χ4v) is 2.88. The minimum absolute atomic E-state index is 0.160. The molecule has 1 aromatic heterocycles. The maximum absolute atomic E-state index is 10.4. The second-order valence-corrected chi connectivity index (χ2v) is 6.24. The molecule has 3 rings (SSSR count). The highest BCUT2D eigenvalue weighted by molar-refractivity contribution is 5.73. The second-order valence-electron chi connectivity index (χ2n) is 6.24. The van der Waals surface area contributed by atoms with E-state index in [1.54, 1.807) is 12.1 Å². The van der Waals surface area contributed by atoms with Gasteiger partial charge in [0, 0.05) is 18.4 Å². The molecule has 1 fully saturated rings. The second kappa shape index (κ2) is 9.15. The lowest BCUT2D eigenvalue weighted by Gasteiger charge is -2.18. The van der Waals surface area contributed by atoms with E-state index in [0.29, 0.717) is 6.04 Å². The molecule has 1 saturated heterocycles. The van der Waals surface area contributed by atoms with E-state index < -0.39 is 12.0 Å². The fraction of sp³-hybridized carbons (Fsp3) is 0.368. The first-order chi connectivity index (χ1) is 12.0. The van der Waals surface area contributed by atoms with Gasteiger partial charge in [-0.05, 0) is 62.2 Å². The van der Waals surface area contributed by atoms with Crippen molar-refractivity contribution < 1.29 is 15.0 Å². The first-order valence-electron chi connectivity index (χ1n) is 8.34. The lowest BCUT2D eigenvalue weighted by molar-refractivity contribution is -0.138. The smallest absolute Gasteiger partial charge is 0.320 e. The summed E-state index contributed by atoms with van der Waals surface area (Å²) in [6.45, 7) is 1.22. The van der Waals surface area contributed by atoms with Crippen LogP contribution in [0.15, 0.2) is 48.8 Å².